The van der Waals surface area contributed by atoms with Crippen LogP contribution in [0.5, 0.6) is 0 Å². The Hall–Kier alpha value is -0.130. The van der Waals surface area contributed by atoms with Crippen molar-refractivity contribution in [1.82, 2.24) is 10.2 Å². The van der Waals surface area contributed by atoms with Crippen LogP contribution in [0.2, 0.25) is 0 Å². The zero-order valence-corrected chi connectivity index (χ0v) is 11.2. The van der Waals surface area contributed by atoms with E-state index in [-0.39, 0.29) is 6.04 Å². The molecule has 1 aromatic heterocycles. The minimum absolute atomic E-state index is 0.272. The molecule has 0 fully saturated rings. The van der Waals surface area contributed by atoms with Crippen LogP contribution in [0.15, 0.2) is 4.34 Å². The van der Waals surface area contributed by atoms with E-state index in [1.165, 1.54) is 0 Å². The molecule has 1 aromatic rings. The first-order valence-corrected chi connectivity index (χ1v) is 7.09. The van der Waals surface area contributed by atoms with E-state index in [0.29, 0.717) is 5.25 Å². The summed E-state index contributed by atoms with van der Waals surface area (Å²) in [5.41, 5.74) is 6.13. The molecule has 0 aliphatic carbocycles. The van der Waals surface area contributed by atoms with E-state index < -0.39 is 0 Å². The molecule has 3 nitrogen and oxygen atoms in total. The second kappa shape index (κ2) is 6.45. The van der Waals surface area contributed by atoms with Crippen molar-refractivity contribution in [2.75, 3.05) is 0 Å². The summed E-state index contributed by atoms with van der Waals surface area (Å²) >= 11 is 3.43. The van der Waals surface area contributed by atoms with Gasteiger partial charge in [-0.25, -0.2) is 0 Å². The highest BCUT2D eigenvalue weighted by Crippen LogP contribution is 2.30. The number of hydrogen-bond acceptors (Lipinski definition) is 5. The number of aryl methyl sites for hydroxylation is 1. The molecule has 1 heterocycles. The van der Waals surface area contributed by atoms with Gasteiger partial charge in [0.05, 0.1) is 0 Å². The van der Waals surface area contributed by atoms with Gasteiger partial charge in [0.2, 0.25) is 0 Å². The van der Waals surface area contributed by atoms with Crippen LogP contribution in [0.1, 0.15) is 38.1 Å². The van der Waals surface area contributed by atoms with Crippen molar-refractivity contribution in [3.05, 3.63) is 5.01 Å². The summed E-state index contributed by atoms with van der Waals surface area (Å²) in [5.74, 6) is 0. The fourth-order valence-corrected chi connectivity index (χ4v) is 3.61. The lowest BCUT2D eigenvalue weighted by atomic mass is 10.1. The number of nitrogens with two attached hydrogens (primary N) is 1. The number of hydrogen-bond donors (Lipinski definition) is 1. The monoisotopic (exact) mass is 245 g/mol. The van der Waals surface area contributed by atoms with E-state index in [4.69, 9.17) is 5.73 Å². The molecule has 0 saturated carbocycles. The van der Waals surface area contributed by atoms with Crippen molar-refractivity contribution >= 4 is 23.1 Å². The van der Waals surface area contributed by atoms with Crippen LogP contribution >= 0.6 is 23.1 Å². The zero-order chi connectivity index (χ0) is 11.3. The first kappa shape index (κ1) is 12.9. The molecule has 0 spiro atoms. The van der Waals surface area contributed by atoms with Crippen LogP contribution in [0, 0.1) is 6.92 Å². The molecule has 2 N–H and O–H groups in total. The van der Waals surface area contributed by atoms with Gasteiger partial charge in [0.25, 0.3) is 0 Å². The molecule has 0 amide bonds. The van der Waals surface area contributed by atoms with Crippen molar-refractivity contribution in [2.45, 2.75) is 55.7 Å². The molecule has 0 aliphatic rings. The Morgan fingerprint density at radius 1 is 1.40 bits per heavy atom. The number of rotatable bonds is 6. The summed E-state index contributed by atoms with van der Waals surface area (Å²) in [6, 6.07) is 0.272. The lowest BCUT2D eigenvalue weighted by Crippen LogP contribution is -2.31. The fourth-order valence-electron chi connectivity index (χ4n) is 1.45. The zero-order valence-electron chi connectivity index (χ0n) is 9.56. The predicted octanol–water partition coefficient (Wildman–Crippen LogP) is 2.84. The summed E-state index contributed by atoms with van der Waals surface area (Å²) in [5, 5.41) is 9.63. The maximum atomic E-state index is 6.13. The SMILES string of the molecule is CCCC(N)C(CC)Sc1nnc(C)s1. The van der Waals surface area contributed by atoms with Crippen LogP contribution in [-0.2, 0) is 0 Å². The summed E-state index contributed by atoms with van der Waals surface area (Å²) in [7, 11) is 0. The minimum atomic E-state index is 0.272. The third kappa shape index (κ3) is 4.09. The van der Waals surface area contributed by atoms with E-state index in [1.807, 2.05) is 6.92 Å². The highest BCUT2D eigenvalue weighted by atomic mass is 32.2. The number of aromatic nitrogens is 2. The minimum Gasteiger partial charge on any atom is -0.327 e. The molecule has 2 atom stereocenters. The Kier molecular flexibility index (Phi) is 5.56. The van der Waals surface area contributed by atoms with Crippen molar-refractivity contribution < 1.29 is 0 Å². The third-order valence-electron chi connectivity index (χ3n) is 2.26. The lowest BCUT2D eigenvalue weighted by molar-refractivity contribution is 0.566. The molecule has 0 aliphatic heterocycles. The predicted molar refractivity (Wildman–Crippen MR) is 67.5 cm³/mol. The molecule has 0 aromatic carbocycles. The first-order valence-electron chi connectivity index (χ1n) is 5.39. The van der Waals surface area contributed by atoms with E-state index >= 15 is 0 Å². The summed E-state index contributed by atoms with van der Waals surface area (Å²) in [6.07, 6.45) is 3.32. The molecular weight excluding hydrogens is 226 g/mol. The average molecular weight is 245 g/mol. The summed E-state index contributed by atoms with van der Waals surface area (Å²) < 4.78 is 1.05. The van der Waals surface area contributed by atoms with Crippen LogP contribution in [-0.4, -0.2) is 21.5 Å². The van der Waals surface area contributed by atoms with Crippen molar-refractivity contribution in [3.8, 4) is 0 Å². The van der Waals surface area contributed by atoms with Crippen LogP contribution < -0.4 is 5.73 Å². The fraction of sp³-hybridized carbons (Fsp3) is 0.800. The van der Waals surface area contributed by atoms with E-state index in [1.54, 1.807) is 23.1 Å². The number of nitrogens with zero attached hydrogens (tertiary/aromatic N) is 2. The smallest absolute Gasteiger partial charge is 0.174 e. The Morgan fingerprint density at radius 2 is 2.13 bits per heavy atom. The van der Waals surface area contributed by atoms with Crippen LogP contribution in [0.3, 0.4) is 0 Å². The molecule has 15 heavy (non-hydrogen) atoms. The molecule has 0 saturated heterocycles. The highest BCUT2D eigenvalue weighted by molar-refractivity contribution is 8.01. The van der Waals surface area contributed by atoms with E-state index in [0.717, 1.165) is 28.6 Å². The second-order valence-corrected chi connectivity index (χ2v) is 6.27. The van der Waals surface area contributed by atoms with Gasteiger partial charge in [0.15, 0.2) is 4.34 Å². The molecule has 0 radical (unpaired) electrons. The molecule has 86 valence electrons. The van der Waals surface area contributed by atoms with Gasteiger partial charge < -0.3 is 5.73 Å². The Balaban J connectivity index is 2.53. The van der Waals surface area contributed by atoms with Crippen molar-refractivity contribution in [2.24, 2.45) is 5.73 Å². The van der Waals surface area contributed by atoms with Crippen LogP contribution in [0.4, 0.5) is 0 Å². The third-order valence-corrected chi connectivity index (χ3v) is 4.70. The van der Waals surface area contributed by atoms with Gasteiger partial charge in [-0.05, 0) is 19.8 Å². The summed E-state index contributed by atoms with van der Waals surface area (Å²) in [4.78, 5) is 0. The maximum absolute atomic E-state index is 6.13. The largest absolute Gasteiger partial charge is 0.327 e. The van der Waals surface area contributed by atoms with Gasteiger partial charge in [-0.3, -0.25) is 0 Å². The van der Waals surface area contributed by atoms with E-state index in [2.05, 4.69) is 24.0 Å². The normalized spacial score (nSPS) is 15.2. The molecule has 0 bridgehead atoms. The highest BCUT2D eigenvalue weighted by Gasteiger charge is 2.18. The molecule has 2 unspecified atom stereocenters. The van der Waals surface area contributed by atoms with Crippen molar-refractivity contribution in [3.63, 3.8) is 0 Å². The lowest BCUT2D eigenvalue weighted by Gasteiger charge is -2.20. The standard InChI is InChI=1S/C10H19N3S2/c1-4-6-8(11)9(5-2)15-10-13-12-7(3)14-10/h8-9H,4-6,11H2,1-3H3. The van der Waals surface area contributed by atoms with E-state index in [9.17, 15) is 0 Å². The average Bonchev–Trinajstić information content (AvgIpc) is 2.61. The van der Waals surface area contributed by atoms with Gasteiger partial charge in [0, 0.05) is 11.3 Å². The van der Waals surface area contributed by atoms with Gasteiger partial charge in [0.1, 0.15) is 5.01 Å². The second-order valence-electron chi connectivity index (χ2n) is 3.60. The van der Waals surface area contributed by atoms with Gasteiger partial charge in [-0.15, -0.1) is 10.2 Å². The topological polar surface area (TPSA) is 51.8 Å². The maximum Gasteiger partial charge on any atom is 0.174 e. The molecule has 1 rings (SSSR count). The van der Waals surface area contributed by atoms with Gasteiger partial charge in [-0.1, -0.05) is 43.4 Å². The quantitative estimate of drug-likeness (QED) is 0.783. The summed E-state index contributed by atoms with van der Waals surface area (Å²) in [6.45, 7) is 6.34. The van der Waals surface area contributed by atoms with Gasteiger partial charge in [-0.2, -0.15) is 0 Å². The number of thioether (sulfide) groups is 1. The van der Waals surface area contributed by atoms with Crippen molar-refractivity contribution in [1.29, 1.82) is 0 Å². The van der Waals surface area contributed by atoms with Gasteiger partial charge >= 0.3 is 0 Å². The Labute approximate surface area is 99.9 Å². The molecular formula is C10H19N3S2. The van der Waals surface area contributed by atoms with Crippen LogP contribution in [0.25, 0.3) is 0 Å². The Morgan fingerprint density at radius 3 is 2.60 bits per heavy atom. The Bertz CT molecular complexity index is 288. The molecule has 5 heteroatoms. The first-order chi connectivity index (χ1) is 7.17.